The lowest BCUT2D eigenvalue weighted by Gasteiger charge is -2.22. The Morgan fingerprint density at radius 2 is 1.77 bits per heavy atom. The van der Waals surface area contributed by atoms with E-state index >= 15 is 0 Å². The van der Waals surface area contributed by atoms with Gasteiger partial charge in [0.05, 0.1) is 11.4 Å². The Kier molecular flexibility index (Phi) is 6.99. The average molecular weight is 488 g/mol. The largest absolute Gasteiger partial charge is 0.338 e. The molecule has 2 aromatic carbocycles. The topological polar surface area (TPSA) is 73.0 Å². The molecule has 2 aromatic rings. The molecule has 3 aliphatic rings. The van der Waals surface area contributed by atoms with Crippen LogP contribution in [0, 0.1) is 0 Å². The maximum absolute atomic E-state index is 13.4. The summed E-state index contributed by atoms with van der Waals surface area (Å²) in [5, 5.41) is 5.35. The number of benzene rings is 2. The molecule has 180 valence electrons. The van der Waals surface area contributed by atoms with Crippen molar-refractivity contribution in [3.8, 4) is 17.1 Å². The zero-order valence-corrected chi connectivity index (χ0v) is 20.7. The second-order valence-electron chi connectivity index (χ2n) is 8.74. The summed E-state index contributed by atoms with van der Waals surface area (Å²) in [4.78, 5) is 33.1. The third kappa shape index (κ3) is 4.89. The lowest BCUT2D eigenvalue weighted by atomic mass is 10.1. The minimum atomic E-state index is -0.128. The van der Waals surface area contributed by atoms with Gasteiger partial charge in [-0.3, -0.25) is 9.59 Å². The van der Waals surface area contributed by atoms with Crippen molar-refractivity contribution in [3.05, 3.63) is 82.3 Å². The van der Waals surface area contributed by atoms with E-state index in [4.69, 9.17) is 4.98 Å². The van der Waals surface area contributed by atoms with Crippen LogP contribution in [-0.2, 0) is 24.3 Å². The zero-order valence-electron chi connectivity index (χ0n) is 19.9. The van der Waals surface area contributed by atoms with Gasteiger partial charge >= 0.3 is 0 Å². The highest BCUT2D eigenvalue weighted by molar-refractivity contribution is 7.99. The second-order valence-corrected chi connectivity index (χ2v) is 9.68. The Morgan fingerprint density at radius 1 is 1.03 bits per heavy atom. The van der Waals surface area contributed by atoms with E-state index in [0.717, 1.165) is 54.3 Å². The van der Waals surface area contributed by atoms with E-state index in [1.165, 1.54) is 16.4 Å². The van der Waals surface area contributed by atoms with Crippen LogP contribution in [-0.4, -0.2) is 42.4 Å². The molecule has 0 atom stereocenters. The number of fused-ring (bicyclic) bond motifs is 3. The molecule has 0 unspecified atom stereocenters. The number of amides is 1. The zero-order chi connectivity index (χ0) is 24.2. The van der Waals surface area contributed by atoms with Gasteiger partial charge in [-0.2, -0.15) is 4.68 Å². The first-order chi connectivity index (χ1) is 17.2. The van der Waals surface area contributed by atoms with E-state index in [9.17, 15) is 9.59 Å². The van der Waals surface area contributed by atoms with Gasteiger partial charge < -0.3 is 9.47 Å². The van der Waals surface area contributed by atoms with Crippen molar-refractivity contribution < 1.29 is 4.79 Å². The van der Waals surface area contributed by atoms with E-state index in [2.05, 4.69) is 9.67 Å². The van der Waals surface area contributed by atoms with Crippen LogP contribution in [0.25, 0.3) is 17.1 Å². The molecule has 0 aromatic heterocycles. The molecule has 35 heavy (non-hydrogen) atoms. The molecule has 3 aliphatic heterocycles. The van der Waals surface area contributed by atoms with E-state index < -0.39 is 0 Å². The summed E-state index contributed by atoms with van der Waals surface area (Å²) in [7, 11) is 0. The molecular weight excluding hydrogens is 458 g/mol. The smallest absolute Gasteiger partial charge is 0.284 e. The predicted molar refractivity (Wildman–Crippen MR) is 138 cm³/mol. The molecule has 5 rings (SSSR count). The standard InChI is InChI=1S/C27H29N5O2S/c1-2-30(18-20-12-6-3-7-13-20)23(33)19-35-27-28-25-24(22-16-10-5-11-17-31(22)27)26(34)32(29-25)21-14-8-4-9-15-21/h3-4,6-9,12-15H,2,5,10-11,16-19H2,1H3. The number of rotatable bonds is 7. The van der Waals surface area contributed by atoms with Crippen LogP contribution in [0.15, 0.2) is 70.6 Å². The number of hydrogen-bond donors (Lipinski definition) is 0. The van der Waals surface area contributed by atoms with Gasteiger partial charge in [0, 0.05) is 25.3 Å². The molecule has 7 nitrogen and oxygen atoms in total. The summed E-state index contributed by atoms with van der Waals surface area (Å²) < 4.78 is 3.60. The van der Waals surface area contributed by atoms with Gasteiger partial charge in [-0.25, -0.2) is 4.98 Å². The third-order valence-electron chi connectivity index (χ3n) is 6.44. The van der Waals surface area contributed by atoms with Crippen molar-refractivity contribution in [1.82, 2.24) is 24.2 Å². The SMILES string of the molecule is CCN(Cc1ccccc1)C(=O)CSc1nc2nn(-c3ccccc3)c(=O)c-2c2n1CCCCC2. The van der Waals surface area contributed by atoms with Gasteiger partial charge in [-0.1, -0.05) is 66.7 Å². The molecule has 0 radical (unpaired) electrons. The average Bonchev–Trinajstić information content (AvgIpc) is 3.05. The van der Waals surface area contributed by atoms with Crippen molar-refractivity contribution >= 4 is 17.7 Å². The number of thioether (sulfide) groups is 1. The van der Waals surface area contributed by atoms with Crippen LogP contribution in [0.2, 0.25) is 0 Å². The monoisotopic (exact) mass is 487 g/mol. The van der Waals surface area contributed by atoms with Gasteiger partial charge in [0.1, 0.15) is 5.56 Å². The third-order valence-corrected chi connectivity index (χ3v) is 7.40. The molecule has 1 amide bonds. The lowest BCUT2D eigenvalue weighted by Crippen LogP contribution is -2.32. The number of carbonyl (C=O) groups excluding carboxylic acids is 1. The summed E-state index contributed by atoms with van der Waals surface area (Å²) in [5.41, 5.74) is 3.31. The Balaban J connectivity index is 1.46. The quantitative estimate of drug-likeness (QED) is 0.285. The molecule has 0 saturated carbocycles. The van der Waals surface area contributed by atoms with Crippen LogP contribution >= 0.6 is 11.8 Å². The normalized spacial score (nSPS) is 13.4. The number of carbonyl (C=O) groups is 1. The first-order valence-electron chi connectivity index (χ1n) is 12.2. The Hall–Kier alpha value is -3.39. The van der Waals surface area contributed by atoms with Crippen LogP contribution < -0.4 is 5.56 Å². The highest BCUT2D eigenvalue weighted by Gasteiger charge is 2.27. The fourth-order valence-corrected chi connectivity index (χ4v) is 5.55. The van der Waals surface area contributed by atoms with Crippen LogP contribution in [0.3, 0.4) is 0 Å². The molecule has 0 spiro atoms. The van der Waals surface area contributed by atoms with E-state index in [-0.39, 0.29) is 11.5 Å². The van der Waals surface area contributed by atoms with Crippen LogP contribution in [0.1, 0.15) is 37.4 Å². The van der Waals surface area contributed by atoms with E-state index in [1.54, 1.807) is 0 Å². The highest BCUT2D eigenvalue weighted by Crippen LogP contribution is 2.30. The van der Waals surface area contributed by atoms with Crippen molar-refractivity contribution in [2.75, 3.05) is 12.3 Å². The fraction of sp³-hybridized carbons (Fsp3) is 0.333. The van der Waals surface area contributed by atoms with Gasteiger partial charge in [0.2, 0.25) is 5.91 Å². The summed E-state index contributed by atoms with van der Waals surface area (Å²) in [6.07, 6.45) is 3.97. The molecule has 0 bridgehead atoms. The molecule has 0 N–H and O–H groups in total. The minimum Gasteiger partial charge on any atom is -0.338 e. The summed E-state index contributed by atoms with van der Waals surface area (Å²) in [6, 6.07) is 19.5. The Bertz CT molecular complexity index is 1330. The number of hydrogen-bond acceptors (Lipinski definition) is 5. The first kappa shape index (κ1) is 23.4. The second kappa shape index (κ2) is 10.5. The number of para-hydroxylation sites is 1. The number of nitrogens with zero attached hydrogens (tertiary/aromatic N) is 5. The van der Waals surface area contributed by atoms with Crippen molar-refractivity contribution in [3.63, 3.8) is 0 Å². The summed E-state index contributed by atoms with van der Waals surface area (Å²) in [5.74, 6) is 0.826. The van der Waals surface area contributed by atoms with Crippen molar-refractivity contribution in [2.24, 2.45) is 0 Å². The number of aromatic nitrogens is 4. The van der Waals surface area contributed by atoms with Crippen molar-refractivity contribution in [1.29, 1.82) is 0 Å². The summed E-state index contributed by atoms with van der Waals surface area (Å²) in [6.45, 7) is 4.04. The fourth-order valence-electron chi connectivity index (χ4n) is 4.61. The molecule has 0 saturated heterocycles. The maximum atomic E-state index is 13.4. The van der Waals surface area contributed by atoms with Crippen molar-refractivity contribution in [2.45, 2.75) is 50.9 Å². The first-order valence-corrected chi connectivity index (χ1v) is 13.2. The highest BCUT2D eigenvalue weighted by atomic mass is 32.2. The van der Waals surface area contributed by atoms with Crippen LogP contribution in [0.5, 0.6) is 0 Å². The molecule has 3 heterocycles. The molecule has 0 fully saturated rings. The van der Waals surface area contributed by atoms with Crippen LogP contribution in [0.4, 0.5) is 0 Å². The van der Waals surface area contributed by atoms with E-state index in [1.807, 2.05) is 72.5 Å². The Labute approximate surface area is 209 Å². The molecular formula is C27H29N5O2S. The van der Waals surface area contributed by atoms with Gasteiger partial charge in [0.25, 0.3) is 5.56 Å². The summed E-state index contributed by atoms with van der Waals surface area (Å²) >= 11 is 1.44. The lowest BCUT2D eigenvalue weighted by molar-refractivity contribution is -0.128. The predicted octanol–water partition coefficient (Wildman–Crippen LogP) is 4.40. The van der Waals surface area contributed by atoms with Gasteiger partial charge in [-0.05, 0) is 43.9 Å². The van der Waals surface area contributed by atoms with E-state index in [0.29, 0.717) is 30.2 Å². The molecule has 0 aliphatic carbocycles. The van der Waals surface area contributed by atoms with Gasteiger partial charge in [0.15, 0.2) is 11.0 Å². The Morgan fingerprint density at radius 3 is 2.51 bits per heavy atom. The van der Waals surface area contributed by atoms with Gasteiger partial charge in [-0.15, -0.1) is 5.10 Å². The minimum absolute atomic E-state index is 0.0746. The maximum Gasteiger partial charge on any atom is 0.284 e. The molecule has 8 heteroatoms.